The fourth-order valence-electron chi connectivity index (χ4n) is 3.39. The topological polar surface area (TPSA) is 35.6 Å². The number of piperazine rings is 1. The van der Waals surface area contributed by atoms with E-state index in [2.05, 4.69) is 53.2 Å². The molecule has 1 saturated carbocycles. The monoisotopic (exact) mass is 315 g/mol. The molecule has 1 aromatic carbocycles. The molecule has 0 bridgehead atoms. The molecule has 0 spiro atoms. The minimum Gasteiger partial charge on any atom is -0.352 e. The van der Waals surface area contributed by atoms with Gasteiger partial charge in [-0.25, -0.2) is 0 Å². The van der Waals surface area contributed by atoms with Gasteiger partial charge in [0.2, 0.25) is 5.91 Å². The Balaban J connectivity index is 1.38. The third-order valence-corrected chi connectivity index (χ3v) is 5.04. The van der Waals surface area contributed by atoms with Gasteiger partial charge in [-0.2, -0.15) is 0 Å². The van der Waals surface area contributed by atoms with E-state index in [0.29, 0.717) is 12.6 Å². The number of nitrogens with zero attached hydrogens (tertiary/aromatic N) is 2. The Kier molecular flexibility index (Phi) is 5.34. The number of carbonyl (C=O) groups is 1. The van der Waals surface area contributed by atoms with E-state index in [1.807, 2.05) is 0 Å². The zero-order chi connectivity index (χ0) is 16.2. The smallest absolute Gasteiger partial charge is 0.234 e. The summed E-state index contributed by atoms with van der Waals surface area (Å²) >= 11 is 0. The van der Waals surface area contributed by atoms with E-state index in [4.69, 9.17) is 0 Å². The van der Waals surface area contributed by atoms with Crippen LogP contribution < -0.4 is 5.32 Å². The van der Waals surface area contributed by atoms with Gasteiger partial charge < -0.3 is 5.32 Å². The van der Waals surface area contributed by atoms with Gasteiger partial charge in [0.1, 0.15) is 0 Å². The van der Waals surface area contributed by atoms with Crippen LogP contribution in [-0.4, -0.2) is 54.5 Å². The van der Waals surface area contributed by atoms with Crippen molar-refractivity contribution >= 4 is 5.91 Å². The van der Waals surface area contributed by atoms with E-state index in [1.54, 1.807) is 0 Å². The van der Waals surface area contributed by atoms with Crippen LogP contribution in [0, 0.1) is 12.8 Å². The first-order valence-corrected chi connectivity index (χ1v) is 8.90. The highest BCUT2D eigenvalue weighted by atomic mass is 16.2. The van der Waals surface area contributed by atoms with E-state index >= 15 is 0 Å². The number of nitrogens with one attached hydrogen (secondary N) is 1. The molecule has 0 unspecified atom stereocenters. The van der Waals surface area contributed by atoms with Gasteiger partial charge in [-0.3, -0.25) is 14.6 Å². The van der Waals surface area contributed by atoms with Crippen LogP contribution in [0.1, 0.15) is 30.9 Å². The standard InChI is InChI=1S/C19H29N3O/c1-15-4-3-5-17(12-15)13-21-8-10-22(11-9-21)14-19(23)20-16(2)18-6-7-18/h3-5,12,16,18H,6-11,13-14H2,1-2H3,(H,20,23)/t16-/m1/s1. The number of benzene rings is 1. The molecule has 4 heteroatoms. The first kappa shape index (κ1) is 16.5. The van der Waals surface area contributed by atoms with Crippen LogP contribution in [-0.2, 0) is 11.3 Å². The van der Waals surface area contributed by atoms with Gasteiger partial charge in [0, 0.05) is 38.8 Å². The normalized spacial score (nSPS) is 21.1. The molecule has 126 valence electrons. The summed E-state index contributed by atoms with van der Waals surface area (Å²) in [5.41, 5.74) is 2.71. The lowest BCUT2D eigenvalue weighted by Gasteiger charge is -2.34. The van der Waals surface area contributed by atoms with Crippen LogP contribution >= 0.6 is 0 Å². The first-order valence-electron chi connectivity index (χ1n) is 8.90. The van der Waals surface area contributed by atoms with Gasteiger partial charge >= 0.3 is 0 Å². The van der Waals surface area contributed by atoms with Gasteiger partial charge in [0.15, 0.2) is 0 Å². The quantitative estimate of drug-likeness (QED) is 0.872. The predicted octanol–water partition coefficient (Wildman–Crippen LogP) is 2.03. The third kappa shape index (κ3) is 5.05. The molecule has 1 aliphatic carbocycles. The Morgan fingerprint density at radius 1 is 1.22 bits per heavy atom. The second kappa shape index (κ2) is 7.45. The lowest BCUT2D eigenvalue weighted by Crippen LogP contribution is -2.50. The maximum atomic E-state index is 12.1. The molecule has 3 rings (SSSR count). The number of aryl methyl sites for hydroxylation is 1. The lowest BCUT2D eigenvalue weighted by molar-refractivity contribution is -0.123. The summed E-state index contributed by atoms with van der Waals surface area (Å²) in [6.45, 7) is 9.89. The van der Waals surface area contributed by atoms with Gasteiger partial charge in [0.05, 0.1) is 6.54 Å². The van der Waals surface area contributed by atoms with Gasteiger partial charge in [-0.15, -0.1) is 0 Å². The number of hydrogen-bond donors (Lipinski definition) is 1. The Morgan fingerprint density at radius 2 is 1.91 bits per heavy atom. The molecule has 1 aromatic rings. The van der Waals surface area contributed by atoms with E-state index in [-0.39, 0.29) is 5.91 Å². The van der Waals surface area contributed by atoms with Crippen molar-refractivity contribution in [1.82, 2.24) is 15.1 Å². The molecule has 0 radical (unpaired) electrons. The molecular weight excluding hydrogens is 286 g/mol. The van der Waals surface area contributed by atoms with Crippen LogP contribution in [0.3, 0.4) is 0 Å². The number of rotatable bonds is 6. The molecule has 1 amide bonds. The highest BCUT2D eigenvalue weighted by molar-refractivity contribution is 5.78. The Morgan fingerprint density at radius 3 is 2.57 bits per heavy atom. The van der Waals surface area contributed by atoms with Gasteiger partial charge in [0.25, 0.3) is 0 Å². The summed E-state index contributed by atoms with van der Waals surface area (Å²) < 4.78 is 0. The molecule has 1 atom stereocenters. The largest absolute Gasteiger partial charge is 0.352 e. The number of carbonyl (C=O) groups excluding carboxylic acids is 1. The third-order valence-electron chi connectivity index (χ3n) is 5.04. The molecular formula is C19H29N3O. The lowest BCUT2D eigenvalue weighted by atomic mass is 10.1. The summed E-state index contributed by atoms with van der Waals surface area (Å²) in [5, 5.41) is 3.15. The number of hydrogen-bond acceptors (Lipinski definition) is 3. The molecule has 2 fully saturated rings. The number of amides is 1. The molecule has 1 saturated heterocycles. The average molecular weight is 315 g/mol. The fraction of sp³-hybridized carbons (Fsp3) is 0.632. The highest BCUT2D eigenvalue weighted by Crippen LogP contribution is 2.32. The Hall–Kier alpha value is -1.39. The Labute approximate surface area is 139 Å². The summed E-state index contributed by atoms with van der Waals surface area (Å²) in [7, 11) is 0. The van der Waals surface area contributed by atoms with Crippen molar-refractivity contribution in [2.24, 2.45) is 5.92 Å². The van der Waals surface area contributed by atoms with Gasteiger partial charge in [-0.05, 0) is 38.2 Å². The minimum absolute atomic E-state index is 0.191. The highest BCUT2D eigenvalue weighted by Gasteiger charge is 2.29. The SMILES string of the molecule is Cc1cccc(CN2CCN(CC(=O)N[C@H](C)C3CC3)CC2)c1. The molecule has 4 nitrogen and oxygen atoms in total. The molecule has 23 heavy (non-hydrogen) atoms. The maximum absolute atomic E-state index is 12.1. The van der Waals surface area contributed by atoms with Crippen LogP contribution in [0.4, 0.5) is 0 Å². The van der Waals surface area contributed by atoms with Crippen molar-refractivity contribution < 1.29 is 4.79 Å². The maximum Gasteiger partial charge on any atom is 0.234 e. The molecule has 1 N–H and O–H groups in total. The zero-order valence-electron chi connectivity index (χ0n) is 14.4. The summed E-state index contributed by atoms with van der Waals surface area (Å²) in [4.78, 5) is 16.9. The van der Waals surface area contributed by atoms with Crippen molar-refractivity contribution in [3.8, 4) is 0 Å². The predicted molar refractivity (Wildman–Crippen MR) is 93.2 cm³/mol. The van der Waals surface area contributed by atoms with Gasteiger partial charge in [-0.1, -0.05) is 29.8 Å². The molecule has 1 heterocycles. The zero-order valence-corrected chi connectivity index (χ0v) is 14.4. The summed E-state index contributed by atoms with van der Waals surface area (Å²) in [5.74, 6) is 0.918. The van der Waals surface area contributed by atoms with E-state index in [1.165, 1.54) is 24.0 Å². The molecule has 0 aromatic heterocycles. The first-order chi connectivity index (χ1) is 11.1. The van der Waals surface area contributed by atoms with Crippen molar-refractivity contribution in [2.45, 2.75) is 39.3 Å². The summed E-state index contributed by atoms with van der Waals surface area (Å²) in [6.07, 6.45) is 2.55. The van der Waals surface area contributed by atoms with Crippen LogP contribution in [0.25, 0.3) is 0 Å². The fourth-order valence-corrected chi connectivity index (χ4v) is 3.39. The average Bonchev–Trinajstić information content (AvgIpc) is 3.34. The summed E-state index contributed by atoms with van der Waals surface area (Å²) in [6, 6.07) is 9.09. The second-order valence-electron chi connectivity index (χ2n) is 7.23. The van der Waals surface area contributed by atoms with Crippen LogP contribution in [0.2, 0.25) is 0 Å². The van der Waals surface area contributed by atoms with Crippen molar-refractivity contribution in [3.63, 3.8) is 0 Å². The molecule has 1 aliphatic heterocycles. The van der Waals surface area contributed by atoms with Crippen molar-refractivity contribution in [2.75, 3.05) is 32.7 Å². The van der Waals surface area contributed by atoms with E-state index < -0.39 is 0 Å². The molecule has 2 aliphatic rings. The van der Waals surface area contributed by atoms with Crippen LogP contribution in [0.5, 0.6) is 0 Å². The van der Waals surface area contributed by atoms with E-state index in [0.717, 1.165) is 38.6 Å². The second-order valence-corrected chi connectivity index (χ2v) is 7.23. The van der Waals surface area contributed by atoms with Crippen LogP contribution in [0.15, 0.2) is 24.3 Å². The van der Waals surface area contributed by atoms with Crippen molar-refractivity contribution in [1.29, 1.82) is 0 Å². The minimum atomic E-state index is 0.191. The van der Waals surface area contributed by atoms with Crippen molar-refractivity contribution in [3.05, 3.63) is 35.4 Å². The van der Waals surface area contributed by atoms with E-state index in [9.17, 15) is 4.79 Å². The Bertz CT molecular complexity index is 533.